The molecule has 4 heterocycles. The minimum atomic E-state index is -2.89. The Morgan fingerprint density at radius 1 is 1.20 bits per heavy atom. The van der Waals surface area contributed by atoms with Crippen molar-refractivity contribution in [3.8, 4) is 0 Å². The van der Waals surface area contributed by atoms with Gasteiger partial charge in [0.2, 0.25) is 5.82 Å². The fourth-order valence-corrected chi connectivity index (χ4v) is 4.71. The van der Waals surface area contributed by atoms with Gasteiger partial charge in [0.25, 0.3) is 12.3 Å². The van der Waals surface area contributed by atoms with E-state index in [-0.39, 0.29) is 29.6 Å². The van der Waals surface area contributed by atoms with Crippen molar-refractivity contribution >= 4 is 34.8 Å². The number of aromatic nitrogens is 5. The van der Waals surface area contributed by atoms with Crippen molar-refractivity contribution in [3.05, 3.63) is 75.3 Å². The van der Waals surface area contributed by atoms with Crippen LogP contribution in [0, 0.1) is 6.92 Å². The number of carbonyl (C=O) groups is 2. The minimum absolute atomic E-state index is 0.00847. The van der Waals surface area contributed by atoms with Crippen LogP contribution in [0.3, 0.4) is 0 Å². The molecule has 0 radical (unpaired) electrons. The quantitative estimate of drug-likeness (QED) is 0.387. The summed E-state index contributed by atoms with van der Waals surface area (Å²) in [6, 6.07) is 8.07. The number of ketones is 1. The van der Waals surface area contributed by atoms with Crippen molar-refractivity contribution in [2.75, 3.05) is 4.90 Å². The number of halogens is 3. The van der Waals surface area contributed by atoms with Gasteiger partial charge in [-0.25, -0.2) is 8.78 Å². The Bertz CT molecular complexity index is 1480. The van der Waals surface area contributed by atoms with Gasteiger partial charge in [0.05, 0.1) is 11.3 Å². The first kappa shape index (κ1) is 23.1. The second kappa shape index (κ2) is 8.53. The van der Waals surface area contributed by atoms with Gasteiger partial charge in [-0.1, -0.05) is 30.7 Å². The van der Waals surface area contributed by atoms with Gasteiger partial charge in [-0.2, -0.15) is 4.52 Å². The molecule has 11 heteroatoms. The van der Waals surface area contributed by atoms with Crippen LogP contribution < -0.4 is 4.90 Å². The number of alkyl halides is 2. The largest absolute Gasteiger partial charge is 0.351 e. The van der Waals surface area contributed by atoms with Crippen molar-refractivity contribution in [3.63, 3.8) is 0 Å². The summed E-state index contributed by atoms with van der Waals surface area (Å²) >= 11 is 6.11. The fraction of sp³-hybridized carbons (Fsp3) is 0.292. The first-order valence-corrected chi connectivity index (χ1v) is 11.4. The number of rotatable bonds is 6. The topological polar surface area (TPSA) is 85.4 Å². The summed E-state index contributed by atoms with van der Waals surface area (Å²) in [6.45, 7) is 3.47. The summed E-state index contributed by atoms with van der Waals surface area (Å²) in [5, 5.41) is 12.3. The smallest absolute Gasteiger partial charge is 0.299 e. The zero-order valence-electron chi connectivity index (χ0n) is 19.2. The predicted molar refractivity (Wildman–Crippen MR) is 125 cm³/mol. The number of amides is 1. The van der Waals surface area contributed by atoms with E-state index in [1.165, 1.54) is 4.90 Å². The fourth-order valence-electron chi connectivity index (χ4n) is 4.58. The van der Waals surface area contributed by atoms with Crippen molar-refractivity contribution < 1.29 is 18.4 Å². The highest BCUT2D eigenvalue weighted by molar-refractivity contribution is 6.30. The molecule has 0 saturated carbocycles. The van der Waals surface area contributed by atoms with Gasteiger partial charge in [0.1, 0.15) is 11.8 Å². The summed E-state index contributed by atoms with van der Waals surface area (Å²) in [5.41, 5.74) is 3.21. The minimum Gasteiger partial charge on any atom is -0.351 e. The lowest BCUT2D eigenvalue weighted by Crippen LogP contribution is -2.31. The summed E-state index contributed by atoms with van der Waals surface area (Å²) in [7, 11) is 1.81. The molecule has 0 spiro atoms. The standard InChI is InChI=1S/C24H21ClF2N6O2/c1-4-16(34)10-14-11-31(3)20-18(14)24(35)32(19(20)13-5-7-15(25)8-6-13)17-9-12(2)22-28-29-23(21(26)27)33(22)30-17/h5-9,11,19,21H,4,10H2,1-3H3. The van der Waals surface area contributed by atoms with E-state index in [0.717, 1.165) is 10.1 Å². The Morgan fingerprint density at radius 3 is 2.57 bits per heavy atom. The maximum absolute atomic E-state index is 13.9. The number of carbonyl (C=O) groups excluding carboxylic acids is 2. The average molecular weight is 499 g/mol. The van der Waals surface area contributed by atoms with Gasteiger partial charge in [0.15, 0.2) is 11.5 Å². The number of benzene rings is 1. The molecule has 1 aromatic carbocycles. The van der Waals surface area contributed by atoms with Crippen LogP contribution in [-0.4, -0.2) is 36.1 Å². The molecule has 0 bridgehead atoms. The molecule has 1 unspecified atom stereocenters. The van der Waals surface area contributed by atoms with Crippen LogP contribution in [0.4, 0.5) is 14.6 Å². The van der Waals surface area contributed by atoms with E-state index >= 15 is 0 Å². The highest BCUT2D eigenvalue weighted by atomic mass is 35.5. The molecule has 0 fully saturated rings. The molecule has 0 saturated heterocycles. The van der Waals surface area contributed by atoms with Gasteiger partial charge in [-0.15, -0.1) is 15.3 Å². The van der Waals surface area contributed by atoms with Crippen LogP contribution in [0.15, 0.2) is 36.5 Å². The predicted octanol–water partition coefficient (Wildman–Crippen LogP) is 4.63. The second-order valence-corrected chi connectivity index (χ2v) is 8.94. The molecular weight excluding hydrogens is 478 g/mol. The Hall–Kier alpha value is -3.66. The molecule has 4 aromatic rings. The number of hydrogen-bond donors (Lipinski definition) is 0. The number of aryl methyl sites for hydroxylation is 2. The highest BCUT2D eigenvalue weighted by Crippen LogP contribution is 2.43. The average Bonchev–Trinajstić information content (AvgIpc) is 3.47. The Balaban J connectivity index is 1.73. The van der Waals surface area contributed by atoms with Crippen LogP contribution in [-0.2, 0) is 18.3 Å². The third-order valence-corrected chi connectivity index (χ3v) is 6.48. The van der Waals surface area contributed by atoms with Gasteiger partial charge >= 0.3 is 0 Å². The summed E-state index contributed by atoms with van der Waals surface area (Å²) in [5.74, 6) is -0.788. The molecule has 0 aliphatic carbocycles. The molecule has 1 aliphatic heterocycles. The zero-order chi connectivity index (χ0) is 25.0. The Labute approximate surface area is 204 Å². The van der Waals surface area contributed by atoms with Crippen molar-refractivity contribution in [2.45, 2.75) is 39.2 Å². The van der Waals surface area contributed by atoms with E-state index in [1.54, 1.807) is 50.4 Å². The molecule has 5 rings (SSSR count). The zero-order valence-corrected chi connectivity index (χ0v) is 19.9. The third kappa shape index (κ3) is 3.68. The molecule has 1 amide bonds. The number of fused-ring (bicyclic) bond motifs is 2. The maximum Gasteiger partial charge on any atom is 0.299 e. The first-order chi connectivity index (χ1) is 16.7. The lowest BCUT2D eigenvalue weighted by Gasteiger charge is -2.26. The van der Waals surface area contributed by atoms with Gasteiger partial charge < -0.3 is 4.57 Å². The van der Waals surface area contributed by atoms with Crippen LogP contribution in [0.5, 0.6) is 0 Å². The SMILES string of the molecule is CCC(=O)Cc1cn(C)c2c1C(=O)N(c1cc(C)c3nnc(C(F)F)n3n1)C2c1ccc(Cl)cc1. The molecule has 1 aliphatic rings. The van der Waals surface area contributed by atoms with Crippen molar-refractivity contribution in [1.82, 2.24) is 24.4 Å². The van der Waals surface area contributed by atoms with E-state index in [4.69, 9.17) is 11.6 Å². The first-order valence-electron chi connectivity index (χ1n) is 11.0. The van der Waals surface area contributed by atoms with Crippen LogP contribution in [0.2, 0.25) is 5.02 Å². The summed E-state index contributed by atoms with van der Waals surface area (Å²) in [6.07, 6.45) is -0.618. The summed E-state index contributed by atoms with van der Waals surface area (Å²) in [4.78, 5) is 27.6. The van der Waals surface area contributed by atoms with E-state index in [9.17, 15) is 18.4 Å². The monoisotopic (exact) mass is 498 g/mol. The number of Topliss-reactive ketones (excluding diaryl/α,β-unsaturated/α-hetero) is 1. The van der Waals surface area contributed by atoms with Crippen LogP contribution in [0.25, 0.3) is 5.65 Å². The number of nitrogens with zero attached hydrogens (tertiary/aromatic N) is 6. The van der Waals surface area contributed by atoms with Crippen molar-refractivity contribution in [2.24, 2.45) is 7.05 Å². The van der Waals surface area contributed by atoms with Gasteiger partial charge in [-0.3, -0.25) is 14.5 Å². The lowest BCUT2D eigenvalue weighted by atomic mass is 10.0. The van der Waals surface area contributed by atoms with E-state index < -0.39 is 18.3 Å². The third-order valence-electron chi connectivity index (χ3n) is 6.23. The maximum atomic E-state index is 13.9. The van der Waals surface area contributed by atoms with E-state index in [0.29, 0.717) is 33.8 Å². The second-order valence-electron chi connectivity index (χ2n) is 8.50. The Kier molecular flexibility index (Phi) is 5.63. The molecule has 180 valence electrons. The van der Waals surface area contributed by atoms with E-state index in [2.05, 4.69) is 15.3 Å². The van der Waals surface area contributed by atoms with E-state index in [1.807, 2.05) is 11.6 Å². The molecule has 8 nitrogen and oxygen atoms in total. The highest BCUT2D eigenvalue weighted by Gasteiger charge is 2.44. The molecule has 35 heavy (non-hydrogen) atoms. The van der Waals surface area contributed by atoms with Crippen molar-refractivity contribution in [1.29, 1.82) is 0 Å². The van der Waals surface area contributed by atoms with Gasteiger partial charge in [0, 0.05) is 31.1 Å². The molecule has 0 N–H and O–H groups in total. The molecule has 3 aromatic heterocycles. The number of anilines is 1. The summed E-state index contributed by atoms with van der Waals surface area (Å²) < 4.78 is 29.9. The molecule has 1 atom stereocenters. The number of hydrogen-bond acceptors (Lipinski definition) is 5. The molecular formula is C24H21ClF2N6O2. The van der Waals surface area contributed by atoms with Crippen LogP contribution >= 0.6 is 11.6 Å². The normalized spacial score (nSPS) is 15.5. The van der Waals surface area contributed by atoms with Crippen LogP contribution in [0.1, 0.15) is 64.4 Å². The Morgan fingerprint density at radius 2 is 1.91 bits per heavy atom. The van der Waals surface area contributed by atoms with Gasteiger partial charge in [-0.05, 0) is 41.8 Å². The lowest BCUT2D eigenvalue weighted by molar-refractivity contribution is -0.118.